The number of nitrogens with two attached hydrogens (primary N) is 2. The van der Waals surface area contributed by atoms with Gasteiger partial charge in [0.25, 0.3) is 0 Å². The number of aromatic nitrogens is 2. The topological polar surface area (TPSA) is 124 Å². The van der Waals surface area contributed by atoms with Crippen molar-refractivity contribution in [3.05, 3.63) is 22.7 Å². The second-order valence-corrected chi connectivity index (χ2v) is 3.06. The summed E-state index contributed by atoms with van der Waals surface area (Å²) in [6.45, 7) is 0.208. The fourth-order valence-corrected chi connectivity index (χ4v) is 1.01. The Morgan fingerprint density at radius 1 is 1.67 bits per heavy atom. The van der Waals surface area contributed by atoms with E-state index in [1.807, 2.05) is 0 Å². The molecule has 0 aliphatic rings. The second-order valence-electron chi connectivity index (χ2n) is 3.06. The van der Waals surface area contributed by atoms with E-state index in [0.29, 0.717) is 0 Å². The number of hydrogen-bond donors (Lipinski definition) is 3. The molecule has 1 heterocycles. The molecule has 0 aliphatic heterocycles. The largest absolute Gasteiger partial charge is 0.480 e. The zero-order chi connectivity index (χ0) is 11.4. The first-order valence-electron chi connectivity index (χ1n) is 4.32. The number of carboxylic acid groups (broad SMARTS) is 1. The number of aryl methyl sites for hydroxylation is 1. The number of carbonyl (C=O) groups is 1. The van der Waals surface area contributed by atoms with Crippen LogP contribution in [0.2, 0.25) is 0 Å². The fourth-order valence-electron chi connectivity index (χ4n) is 1.01. The number of nitrogens with zero attached hydrogens (tertiary/aromatic N) is 2. The molecule has 15 heavy (non-hydrogen) atoms. The van der Waals surface area contributed by atoms with Crippen molar-refractivity contribution in [2.45, 2.75) is 19.0 Å². The molecule has 1 aromatic rings. The SMILES string of the molecule is Nc1ccn(CCC(N)C(=O)O)c(=O)n1. The van der Waals surface area contributed by atoms with Crippen molar-refractivity contribution in [3.8, 4) is 0 Å². The van der Waals surface area contributed by atoms with E-state index < -0.39 is 17.7 Å². The number of hydrogen-bond acceptors (Lipinski definition) is 5. The van der Waals surface area contributed by atoms with Gasteiger partial charge < -0.3 is 16.6 Å². The molecule has 7 nitrogen and oxygen atoms in total. The van der Waals surface area contributed by atoms with E-state index in [9.17, 15) is 9.59 Å². The molecular formula is C8H12N4O3. The summed E-state index contributed by atoms with van der Waals surface area (Å²) in [6.07, 6.45) is 1.63. The summed E-state index contributed by atoms with van der Waals surface area (Å²) in [6, 6.07) is 0.489. The van der Waals surface area contributed by atoms with Gasteiger partial charge in [0.05, 0.1) is 0 Å². The fraction of sp³-hybridized carbons (Fsp3) is 0.375. The van der Waals surface area contributed by atoms with Crippen LogP contribution < -0.4 is 17.2 Å². The van der Waals surface area contributed by atoms with Gasteiger partial charge in [-0.1, -0.05) is 0 Å². The van der Waals surface area contributed by atoms with E-state index in [2.05, 4.69) is 4.98 Å². The van der Waals surface area contributed by atoms with Gasteiger partial charge in [0, 0.05) is 12.7 Å². The molecule has 0 bridgehead atoms. The Bertz CT molecular complexity index is 415. The minimum atomic E-state index is -1.09. The van der Waals surface area contributed by atoms with E-state index in [4.69, 9.17) is 16.6 Å². The van der Waals surface area contributed by atoms with E-state index >= 15 is 0 Å². The number of nitrogen functional groups attached to an aromatic ring is 1. The molecule has 0 aliphatic carbocycles. The van der Waals surface area contributed by atoms with E-state index in [0.717, 1.165) is 0 Å². The molecule has 82 valence electrons. The van der Waals surface area contributed by atoms with Crippen LogP contribution in [-0.2, 0) is 11.3 Å². The van der Waals surface area contributed by atoms with Crippen molar-refractivity contribution in [1.82, 2.24) is 9.55 Å². The zero-order valence-corrected chi connectivity index (χ0v) is 7.96. The van der Waals surface area contributed by atoms with Gasteiger partial charge in [0.1, 0.15) is 11.9 Å². The van der Waals surface area contributed by atoms with Gasteiger partial charge in [0.15, 0.2) is 0 Å². The summed E-state index contributed by atoms with van der Waals surface area (Å²) >= 11 is 0. The summed E-state index contributed by atoms with van der Waals surface area (Å²) in [4.78, 5) is 25.1. The van der Waals surface area contributed by atoms with Crippen molar-refractivity contribution in [2.24, 2.45) is 5.73 Å². The highest BCUT2D eigenvalue weighted by Crippen LogP contribution is 1.94. The quantitative estimate of drug-likeness (QED) is 0.565. The molecule has 0 spiro atoms. The molecule has 0 amide bonds. The Balaban J connectivity index is 2.66. The number of anilines is 1. The number of rotatable bonds is 4. The van der Waals surface area contributed by atoms with Crippen LogP contribution in [0.4, 0.5) is 5.82 Å². The number of aliphatic carboxylic acids is 1. The van der Waals surface area contributed by atoms with Crippen LogP contribution in [-0.4, -0.2) is 26.7 Å². The third-order valence-corrected chi connectivity index (χ3v) is 1.89. The average molecular weight is 212 g/mol. The van der Waals surface area contributed by atoms with E-state index in [1.165, 1.54) is 16.8 Å². The van der Waals surface area contributed by atoms with Gasteiger partial charge in [-0.15, -0.1) is 0 Å². The van der Waals surface area contributed by atoms with E-state index in [-0.39, 0.29) is 18.8 Å². The molecule has 1 atom stereocenters. The Labute approximate surface area is 85.3 Å². The normalized spacial score (nSPS) is 12.3. The van der Waals surface area contributed by atoms with Crippen LogP contribution in [0, 0.1) is 0 Å². The molecule has 0 radical (unpaired) electrons. The van der Waals surface area contributed by atoms with Gasteiger partial charge in [0.2, 0.25) is 0 Å². The lowest BCUT2D eigenvalue weighted by molar-refractivity contribution is -0.138. The van der Waals surface area contributed by atoms with Crippen molar-refractivity contribution in [1.29, 1.82) is 0 Å². The Morgan fingerprint density at radius 3 is 2.87 bits per heavy atom. The Kier molecular flexibility index (Phi) is 3.40. The summed E-state index contributed by atoms with van der Waals surface area (Å²) in [5.41, 5.74) is 10.1. The lowest BCUT2D eigenvalue weighted by Gasteiger charge is -2.07. The minimum absolute atomic E-state index is 0.138. The average Bonchev–Trinajstić information content (AvgIpc) is 2.15. The first-order valence-corrected chi connectivity index (χ1v) is 4.32. The van der Waals surface area contributed by atoms with Crippen molar-refractivity contribution < 1.29 is 9.90 Å². The van der Waals surface area contributed by atoms with Gasteiger partial charge in [-0.2, -0.15) is 4.98 Å². The van der Waals surface area contributed by atoms with Gasteiger partial charge in [-0.05, 0) is 12.5 Å². The van der Waals surface area contributed by atoms with Crippen LogP contribution in [0.3, 0.4) is 0 Å². The third-order valence-electron chi connectivity index (χ3n) is 1.89. The monoisotopic (exact) mass is 212 g/mol. The summed E-state index contributed by atoms with van der Waals surface area (Å²) in [5.74, 6) is -0.953. The van der Waals surface area contributed by atoms with Crippen LogP contribution in [0.15, 0.2) is 17.1 Å². The molecule has 1 unspecified atom stereocenters. The highest BCUT2D eigenvalue weighted by Gasteiger charge is 2.11. The van der Waals surface area contributed by atoms with Gasteiger partial charge in [-0.25, -0.2) is 4.79 Å². The van der Waals surface area contributed by atoms with Crippen LogP contribution in [0.1, 0.15) is 6.42 Å². The molecule has 0 fully saturated rings. The Morgan fingerprint density at radius 2 is 2.33 bits per heavy atom. The molecule has 0 aromatic carbocycles. The molecule has 0 saturated carbocycles. The van der Waals surface area contributed by atoms with Crippen molar-refractivity contribution >= 4 is 11.8 Å². The van der Waals surface area contributed by atoms with Gasteiger partial charge in [-0.3, -0.25) is 9.36 Å². The van der Waals surface area contributed by atoms with Crippen molar-refractivity contribution in [2.75, 3.05) is 5.73 Å². The lowest BCUT2D eigenvalue weighted by atomic mass is 10.2. The molecule has 7 heteroatoms. The standard InChI is InChI=1S/C8H12N4O3/c9-5(7(13)14)1-3-12-4-2-6(10)11-8(12)15/h2,4-5H,1,3,9H2,(H,13,14)(H2,10,11,15). The minimum Gasteiger partial charge on any atom is -0.480 e. The van der Waals surface area contributed by atoms with Gasteiger partial charge >= 0.3 is 11.7 Å². The Hall–Kier alpha value is -1.89. The lowest BCUT2D eigenvalue weighted by Crippen LogP contribution is -2.33. The zero-order valence-electron chi connectivity index (χ0n) is 7.96. The highest BCUT2D eigenvalue weighted by atomic mass is 16.4. The highest BCUT2D eigenvalue weighted by molar-refractivity contribution is 5.72. The van der Waals surface area contributed by atoms with Crippen LogP contribution in [0.5, 0.6) is 0 Å². The van der Waals surface area contributed by atoms with Crippen LogP contribution in [0.25, 0.3) is 0 Å². The maximum atomic E-state index is 11.2. The first-order chi connectivity index (χ1) is 7.00. The molecule has 0 saturated heterocycles. The summed E-state index contributed by atoms with van der Waals surface area (Å²) in [7, 11) is 0. The van der Waals surface area contributed by atoms with E-state index in [1.54, 1.807) is 0 Å². The maximum absolute atomic E-state index is 11.2. The van der Waals surface area contributed by atoms with Crippen molar-refractivity contribution in [3.63, 3.8) is 0 Å². The maximum Gasteiger partial charge on any atom is 0.349 e. The molecule has 1 aromatic heterocycles. The smallest absolute Gasteiger partial charge is 0.349 e. The molecule has 5 N–H and O–H groups in total. The van der Waals surface area contributed by atoms with Crippen LogP contribution >= 0.6 is 0 Å². The predicted octanol–water partition coefficient (Wildman–Crippen LogP) is -1.37. The number of carboxylic acids is 1. The summed E-state index contributed by atoms with van der Waals surface area (Å²) in [5, 5.41) is 8.53. The predicted molar refractivity (Wildman–Crippen MR) is 53.1 cm³/mol. The molecule has 1 rings (SSSR count). The third kappa shape index (κ3) is 3.06. The first kappa shape index (κ1) is 11.2. The summed E-state index contributed by atoms with van der Waals surface area (Å²) < 4.78 is 1.26. The molecular weight excluding hydrogens is 200 g/mol. The second kappa shape index (κ2) is 4.56.